The Labute approximate surface area is 224 Å². The van der Waals surface area contributed by atoms with E-state index >= 15 is 0 Å². The quantitative estimate of drug-likeness (QED) is 0.256. The first-order valence-corrected chi connectivity index (χ1v) is 13.4. The molecule has 0 aliphatic heterocycles. The van der Waals surface area contributed by atoms with Crippen molar-refractivity contribution in [1.29, 1.82) is 0 Å². The normalized spacial score (nSPS) is 16.8. The summed E-state index contributed by atoms with van der Waals surface area (Å²) in [6, 6.07) is 48.5. The Morgan fingerprint density at radius 2 is 1.18 bits per heavy atom. The van der Waals surface area contributed by atoms with Crippen molar-refractivity contribution in [2.24, 2.45) is 0 Å². The number of anilines is 1. The highest BCUT2D eigenvalue weighted by atomic mass is 14.9. The summed E-state index contributed by atoms with van der Waals surface area (Å²) >= 11 is 0. The van der Waals surface area contributed by atoms with E-state index in [2.05, 4.69) is 157 Å². The molecule has 0 amide bonds. The van der Waals surface area contributed by atoms with Gasteiger partial charge in [0, 0.05) is 17.3 Å². The fraction of sp³-hybridized carbons (Fsp3) is 0.0811. The van der Waals surface area contributed by atoms with E-state index in [4.69, 9.17) is 0 Å². The smallest absolute Gasteiger partial charge is 0.0714 e. The molecule has 0 spiro atoms. The van der Waals surface area contributed by atoms with Gasteiger partial charge in [-0.3, -0.25) is 0 Å². The number of allylic oxidation sites excluding steroid dienone is 3. The van der Waals surface area contributed by atoms with Crippen LogP contribution >= 0.6 is 0 Å². The highest BCUT2D eigenvalue weighted by molar-refractivity contribution is 5.87. The summed E-state index contributed by atoms with van der Waals surface area (Å²) in [6.45, 7) is 0. The maximum atomic E-state index is 3.72. The monoisotopic (exact) mass is 487 g/mol. The molecule has 0 bridgehead atoms. The van der Waals surface area contributed by atoms with Crippen LogP contribution in [0, 0.1) is 0 Å². The molecule has 0 heterocycles. The van der Waals surface area contributed by atoms with Crippen LogP contribution in [0.4, 0.5) is 5.69 Å². The number of benzene rings is 5. The van der Waals surface area contributed by atoms with Gasteiger partial charge >= 0.3 is 0 Å². The molecule has 1 atom stereocenters. The second-order valence-corrected chi connectivity index (χ2v) is 10.2. The van der Waals surface area contributed by atoms with Gasteiger partial charge in [-0.1, -0.05) is 133 Å². The van der Waals surface area contributed by atoms with Crippen LogP contribution in [0.15, 0.2) is 157 Å². The first kappa shape index (κ1) is 22.6. The van der Waals surface area contributed by atoms with E-state index in [-0.39, 0.29) is 5.41 Å². The van der Waals surface area contributed by atoms with Crippen molar-refractivity contribution in [3.8, 4) is 11.1 Å². The van der Waals surface area contributed by atoms with Gasteiger partial charge in [0.2, 0.25) is 0 Å². The summed E-state index contributed by atoms with van der Waals surface area (Å²) in [6.07, 6.45) is 7.86. The van der Waals surface area contributed by atoms with Crippen molar-refractivity contribution in [2.75, 3.05) is 5.32 Å². The molecule has 0 fully saturated rings. The van der Waals surface area contributed by atoms with Crippen molar-refractivity contribution < 1.29 is 0 Å². The Kier molecular flexibility index (Phi) is 5.56. The number of nitrogens with one attached hydrogen (secondary N) is 1. The van der Waals surface area contributed by atoms with E-state index in [0.29, 0.717) is 5.92 Å². The Morgan fingerprint density at radius 1 is 0.579 bits per heavy atom. The Hall–Kier alpha value is -4.62. The van der Waals surface area contributed by atoms with Crippen LogP contribution in [-0.2, 0) is 5.41 Å². The average Bonchev–Trinajstić information content (AvgIpc) is 3.29. The molecule has 1 N–H and O–H groups in total. The number of hydrogen-bond donors (Lipinski definition) is 1. The lowest BCUT2D eigenvalue weighted by atomic mass is 9.67. The number of rotatable bonds is 5. The third-order valence-electron chi connectivity index (χ3n) is 8.07. The second-order valence-electron chi connectivity index (χ2n) is 10.2. The average molecular weight is 488 g/mol. The van der Waals surface area contributed by atoms with Crippen LogP contribution in [0.1, 0.15) is 40.2 Å². The van der Waals surface area contributed by atoms with E-state index < -0.39 is 0 Å². The van der Waals surface area contributed by atoms with E-state index in [1.54, 1.807) is 0 Å². The Bertz CT molecular complexity index is 1610. The Balaban J connectivity index is 1.32. The van der Waals surface area contributed by atoms with Crippen LogP contribution in [0.3, 0.4) is 0 Å². The minimum absolute atomic E-state index is 0.374. The summed E-state index contributed by atoms with van der Waals surface area (Å²) in [4.78, 5) is 0. The van der Waals surface area contributed by atoms with Gasteiger partial charge < -0.3 is 5.32 Å². The molecule has 0 saturated heterocycles. The fourth-order valence-electron chi connectivity index (χ4n) is 6.35. The van der Waals surface area contributed by atoms with Gasteiger partial charge in [-0.25, -0.2) is 0 Å². The highest BCUT2D eigenvalue weighted by Gasteiger charge is 2.46. The summed E-state index contributed by atoms with van der Waals surface area (Å²) in [7, 11) is 0. The molecule has 1 nitrogen and oxygen atoms in total. The minimum atomic E-state index is -0.374. The van der Waals surface area contributed by atoms with Gasteiger partial charge in [0.1, 0.15) is 0 Å². The molecule has 2 aliphatic rings. The molecule has 7 rings (SSSR count). The lowest BCUT2D eigenvalue weighted by Gasteiger charge is -2.34. The van der Waals surface area contributed by atoms with Crippen LogP contribution in [0.5, 0.6) is 0 Å². The maximum absolute atomic E-state index is 3.72. The van der Waals surface area contributed by atoms with E-state index in [0.717, 1.165) is 17.8 Å². The molecule has 38 heavy (non-hydrogen) atoms. The van der Waals surface area contributed by atoms with Crippen LogP contribution in [0.2, 0.25) is 0 Å². The zero-order chi connectivity index (χ0) is 25.4. The van der Waals surface area contributed by atoms with Crippen molar-refractivity contribution in [2.45, 2.75) is 17.8 Å². The predicted octanol–water partition coefficient (Wildman–Crippen LogP) is 9.09. The van der Waals surface area contributed by atoms with Gasteiger partial charge in [-0.15, -0.1) is 0 Å². The molecule has 182 valence electrons. The fourth-order valence-corrected chi connectivity index (χ4v) is 6.35. The molecule has 0 aromatic heterocycles. The lowest BCUT2D eigenvalue weighted by Crippen LogP contribution is -2.28. The van der Waals surface area contributed by atoms with E-state index in [1.165, 1.54) is 38.9 Å². The molecule has 1 heteroatoms. The maximum Gasteiger partial charge on any atom is 0.0714 e. The summed E-state index contributed by atoms with van der Waals surface area (Å²) < 4.78 is 0. The third-order valence-corrected chi connectivity index (χ3v) is 8.07. The highest BCUT2D eigenvalue weighted by Crippen LogP contribution is 2.56. The molecule has 0 saturated carbocycles. The number of fused-ring (bicyclic) bond motifs is 3. The lowest BCUT2D eigenvalue weighted by molar-refractivity contribution is 0.768. The zero-order valence-corrected chi connectivity index (χ0v) is 21.2. The largest absolute Gasteiger partial charge is 0.356 e. The topological polar surface area (TPSA) is 12.0 Å². The van der Waals surface area contributed by atoms with Crippen LogP contribution in [0.25, 0.3) is 11.1 Å². The molecular formula is C37H29N. The Morgan fingerprint density at radius 3 is 1.84 bits per heavy atom. The standard InChI is InChI=1S/C37H29N/c1-4-12-27(13-5-1)28-20-22-31(23-21-28)38-32-24-25-34-33-18-10-11-19-35(33)37(36(34)26-32,29-14-6-2-7-15-29)30-16-8-3-9-17-30/h1-20,22-26,28,38H,21H2. The second kappa shape index (κ2) is 9.36. The summed E-state index contributed by atoms with van der Waals surface area (Å²) in [5, 5.41) is 3.72. The zero-order valence-electron chi connectivity index (χ0n) is 21.2. The van der Waals surface area contributed by atoms with Gasteiger partial charge in [0.25, 0.3) is 0 Å². The predicted molar refractivity (Wildman–Crippen MR) is 158 cm³/mol. The van der Waals surface area contributed by atoms with Crippen molar-refractivity contribution >= 4 is 5.69 Å². The van der Waals surface area contributed by atoms with E-state index in [9.17, 15) is 0 Å². The first-order chi connectivity index (χ1) is 18.8. The first-order valence-electron chi connectivity index (χ1n) is 13.4. The molecule has 2 aliphatic carbocycles. The van der Waals surface area contributed by atoms with Crippen molar-refractivity contribution in [3.05, 3.63) is 185 Å². The molecule has 5 aromatic carbocycles. The van der Waals surface area contributed by atoms with Crippen molar-refractivity contribution in [1.82, 2.24) is 0 Å². The van der Waals surface area contributed by atoms with Crippen LogP contribution < -0.4 is 5.32 Å². The summed E-state index contributed by atoms with van der Waals surface area (Å²) in [5.41, 5.74) is 11.1. The van der Waals surface area contributed by atoms with Crippen molar-refractivity contribution in [3.63, 3.8) is 0 Å². The van der Waals surface area contributed by atoms with Gasteiger partial charge in [0.15, 0.2) is 0 Å². The van der Waals surface area contributed by atoms with Crippen LogP contribution in [-0.4, -0.2) is 0 Å². The molecular weight excluding hydrogens is 458 g/mol. The molecule has 5 aromatic rings. The van der Waals surface area contributed by atoms with E-state index in [1.807, 2.05) is 0 Å². The minimum Gasteiger partial charge on any atom is -0.356 e. The third kappa shape index (κ3) is 3.63. The van der Waals surface area contributed by atoms with Gasteiger partial charge in [-0.05, 0) is 63.6 Å². The molecule has 0 radical (unpaired) electrons. The SMILES string of the molecule is C1=CC(c2ccccc2)CC=C1Nc1ccc2c(c1)C(c1ccccc1)(c1ccccc1)c1ccccc1-2. The van der Waals surface area contributed by atoms with Gasteiger partial charge in [-0.2, -0.15) is 0 Å². The number of hydrogen-bond acceptors (Lipinski definition) is 1. The van der Waals surface area contributed by atoms with Gasteiger partial charge in [0.05, 0.1) is 5.41 Å². The molecule has 1 unspecified atom stereocenters. The summed E-state index contributed by atoms with van der Waals surface area (Å²) in [5.74, 6) is 0.431.